The molecule has 1 N–H and O–H groups in total. The first kappa shape index (κ1) is 27.1. The lowest BCUT2D eigenvalue weighted by molar-refractivity contribution is -0.138. The number of anilines is 1. The van der Waals surface area contributed by atoms with Crippen molar-refractivity contribution in [1.82, 2.24) is 15.1 Å². The van der Waals surface area contributed by atoms with E-state index in [0.717, 1.165) is 51.3 Å². The number of likely N-dealkylation sites (tertiary alicyclic amines) is 1. The van der Waals surface area contributed by atoms with Crippen molar-refractivity contribution in [2.75, 3.05) is 50.8 Å². The van der Waals surface area contributed by atoms with Crippen LogP contribution >= 0.6 is 0 Å². The van der Waals surface area contributed by atoms with E-state index in [1.807, 2.05) is 24.3 Å². The van der Waals surface area contributed by atoms with Crippen LogP contribution in [0.2, 0.25) is 0 Å². The average molecular weight is 525 g/mol. The van der Waals surface area contributed by atoms with Gasteiger partial charge in [-0.05, 0) is 67.8 Å². The summed E-state index contributed by atoms with van der Waals surface area (Å²) >= 11 is 0. The Kier molecular flexibility index (Phi) is 7.83. The molecule has 3 heterocycles. The number of nitrogens with zero attached hydrogens (tertiary/aromatic N) is 3. The predicted octanol–water partition coefficient (Wildman–Crippen LogP) is 2.96. The van der Waals surface area contributed by atoms with Crippen LogP contribution in [-0.4, -0.2) is 91.5 Å². The largest absolute Gasteiger partial charge is 0.369 e. The van der Waals surface area contributed by atoms with Crippen molar-refractivity contribution in [3.05, 3.63) is 29.8 Å². The van der Waals surface area contributed by atoms with Gasteiger partial charge in [-0.1, -0.05) is 27.7 Å². The van der Waals surface area contributed by atoms with Crippen molar-refractivity contribution in [2.24, 2.45) is 17.3 Å². The smallest absolute Gasteiger partial charge is 0.251 e. The number of carbonyl (C=O) groups is 3. The molecule has 5 rings (SSSR count). The highest BCUT2D eigenvalue weighted by atomic mass is 16.5. The van der Waals surface area contributed by atoms with Crippen LogP contribution in [0.5, 0.6) is 0 Å². The van der Waals surface area contributed by atoms with Crippen LogP contribution in [0.3, 0.4) is 0 Å². The van der Waals surface area contributed by atoms with E-state index in [0.29, 0.717) is 24.4 Å². The molecule has 0 aromatic heterocycles. The van der Waals surface area contributed by atoms with Gasteiger partial charge >= 0.3 is 0 Å². The molecule has 0 bridgehead atoms. The molecule has 3 saturated heterocycles. The van der Waals surface area contributed by atoms with Crippen LogP contribution in [0, 0.1) is 17.3 Å². The zero-order valence-electron chi connectivity index (χ0n) is 23.4. The van der Waals surface area contributed by atoms with Crippen molar-refractivity contribution >= 4 is 23.3 Å². The van der Waals surface area contributed by atoms with Crippen molar-refractivity contribution in [1.29, 1.82) is 0 Å². The quantitative estimate of drug-likeness (QED) is 0.563. The summed E-state index contributed by atoms with van der Waals surface area (Å²) < 4.78 is 5.86. The summed E-state index contributed by atoms with van der Waals surface area (Å²) in [6.07, 6.45) is 3.75. The number of nitrogens with one attached hydrogen (secondary N) is 1. The number of hydrogen-bond acceptors (Lipinski definition) is 6. The molecule has 4 fully saturated rings. The number of Topliss-reactive ketones (excluding diaryl/α,β-unsaturated/α-hetero) is 1. The van der Waals surface area contributed by atoms with E-state index in [1.54, 1.807) is 4.90 Å². The summed E-state index contributed by atoms with van der Waals surface area (Å²) in [5, 5.41) is 3.04. The van der Waals surface area contributed by atoms with Crippen LogP contribution in [0.25, 0.3) is 0 Å². The number of hydrogen-bond donors (Lipinski definition) is 1. The van der Waals surface area contributed by atoms with Gasteiger partial charge in [0.15, 0.2) is 5.78 Å². The van der Waals surface area contributed by atoms with E-state index < -0.39 is 12.1 Å². The summed E-state index contributed by atoms with van der Waals surface area (Å²) in [7, 11) is 0. The van der Waals surface area contributed by atoms with Crippen molar-refractivity contribution in [3.63, 3.8) is 0 Å². The number of ketones is 1. The lowest BCUT2D eigenvalue weighted by atomic mass is 9.87. The molecule has 1 aliphatic carbocycles. The normalized spacial score (nSPS) is 26.9. The Bertz CT molecular complexity index is 1020. The second-order valence-corrected chi connectivity index (χ2v) is 12.8. The molecule has 208 valence electrons. The van der Waals surface area contributed by atoms with Gasteiger partial charge in [-0.3, -0.25) is 19.3 Å². The van der Waals surface area contributed by atoms with Crippen molar-refractivity contribution in [2.45, 2.75) is 71.6 Å². The van der Waals surface area contributed by atoms with E-state index in [4.69, 9.17) is 4.74 Å². The zero-order valence-corrected chi connectivity index (χ0v) is 23.4. The van der Waals surface area contributed by atoms with E-state index in [9.17, 15) is 14.4 Å². The van der Waals surface area contributed by atoms with Gasteiger partial charge in [-0.25, -0.2) is 0 Å². The Hall–Kier alpha value is -2.45. The minimum atomic E-state index is -0.694. The third-order valence-electron chi connectivity index (χ3n) is 8.56. The van der Waals surface area contributed by atoms with E-state index in [2.05, 4.69) is 42.8 Å². The molecule has 8 heteroatoms. The summed E-state index contributed by atoms with van der Waals surface area (Å²) in [5.74, 6) is 0.327. The molecule has 0 radical (unpaired) electrons. The summed E-state index contributed by atoms with van der Waals surface area (Å²) in [6.45, 7) is 14.3. The second kappa shape index (κ2) is 11.0. The number of ether oxygens (including phenoxy) is 1. The molecule has 4 atom stereocenters. The SMILES string of the molecule is CCCN1CCN(c2ccc(C(=O)N[C@@H](CC(C)(C)C)C(=O)N3C[C@H](C4CC4)[C@H]4OCC(=O)[C@H]43)cc2)CC1. The van der Waals surface area contributed by atoms with Crippen LogP contribution in [0.15, 0.2) is 24.3 Å². The summed E-state index contributed by atoms with van der Waals surface area (Å²) in [6, 6.07) is 6.51. The first-order valence-electron chi connectivity index (χ1n) is 14.5. The molecule has 0 spiro atoms. The summed E-state index contributed by atoms with van der Waals surface area (Å²) in [4.78, 5) is 46.5. The van der Waals surface area contributed by atoms with Crippen LogP contribution in [0.1, 0.15) is 63.7 Å². The Morgan fingerprint density at radius 2 is 1.76 bits per heavy atom. The van der Waals surface area contributed by atoms with Gasteiger partial charge in [0.05, 0.1) is 6.10 Å². The van der Waals surface area contributed by atoms with Crippen LogP contribution in [0.4, 0.5) is 5.69 Å². The Morgan fingerprint density at radius 3 is 2.37 bits per heavy atom. The number of amides is 2. The van der Waals surface area contributed by atoms with E-state index >= 15 is 0 Å². The van der Waals surface area contributed by atoms with E-state index in [-0.39, 0.29) is 41.6 Å². The molecule has 1 saturated carbocycles. The first-order chi connectivity index (χ1) is 18.1. The lowest BCUT2D eigenvalue weighted by Crippen LogP contribution is -2.53. The predicted molar refractivity (Wildman–Crippen MR) is 147 cm³/mol. The van der Waals surface area contributed by atoms with E-state index in [1.165, 1.54) is 6.42 Å². The fraction of sp³-hybridized carbons (Fsp3) is 0.700. The first-order valence-corrected chi connectivity index (χ1v) is 14.5. The number of fused-ring (bicyclic) bond motifs is 1. The summed E-state index contributed by atoms with van der Waals surface area (Å²) in [5.41, 5.74) is 1.48. The third kappa shape index (κ3) is 5.91. The number of piperazine rings is 1. The van der Waals surface area contributed by atoms with Crippen molar-refractivity contribution in [3.8, 4) is 0 Å². The molecule has 1 aromatic carbocycles. The highest BCUT2D eigenvalue weighted by molar-refractivity contribution is 5.99. The molecule has 3 aliphatic heterocycles. The fourth-order valence-corrected chi connectivity index (χ4v) is 6.48. The van der Waals surface area contributed by atoms with Gasteiger partial charge in [-0.15, -0.1) is 0 Å². The Morgan fingerprint density at radius 1 is 1.08 bits per heavy atom. The second-order valence-electron chi connectivity index (χ2n) is 12.8. The minimum Gasteiger partial charge on any atom is -0.369 e. The molecule has 2 amide bonds. The molecule has 8 nitrogen and oxygen atoms in total. The standard InChI is InChI=1S/C30H44N4O4/c1-5-12-32-13-15-33(16-14-32)22-10-8-21(9-11-22)28(36)31-24(17-30(2,3)4)29(37)34-18-23(20-6-7-20)27-26(34)25(35)19-38-27/h8-11,20,23-24,26-27H,5-7,12-19H2,1-4H3,(H,31,36)/t23-,24+,26-,27-/m1/s1. The molecule has 4 aliphatic rings. The number of rotatable bonds is 8. The highest BCUT2D eigenvalue weighted by Crippen LogP contribution is 2.46. The van der Waals surface area contributed by atoms with Crippen LogP contribution < -0.4 is 10.2 Å². The lowest BCUT2D eigenvalue weighted by Gasteiger charge is -2.36. The topological polar surface area (TPSA) is 82.2 Å². The number of carbonyl (C=O) groups excluding carboxylic acids is 3. The maximum Gasteiger partial charge on any atom is 0.251 e. The van der Waals surface area contributed by atoms with Gasteiger partial charge in [0.1, 0.15) is 18.7 Å². The molecule has 38 heavy (non-hydrogen) atoms. The molecule has 0 unspecified atom stereocenters. The average Bonchev–Trinajstić information content (AvgIpc) is 3.56. The monoisotopic (exact) mass is 524 g/mol. The maximum absolute atomic E-state index is 13.9. The molecule has 1 aromatic rings. The van der Waals surface area contributed by atoms with Gasteiger partial charge < -0.3 is 19.9 Å². The van der Waals surface area contributed by atoms with Crippen molar-refractivity contribution < 1.29 is 19.1 Å². The molecular weight excluding hydrogens is 480 g/mol. The maximum atomic E-state index is 13.9. The highest BCUT2D eigenvalue weighted by Gasteiger charge is 2.56. The third-order valence-corrected chi connectivity index (χ3v) is 8.56. The minimum absolute atomic E-state index is 0.0153. The van der Waals surface area contributed by atoms with Crippen LogP contribution in [-0.2, 0) is 14.3 Å². The van der Waals surface area contributed by atoms with Gasteiger partial charge in [-0.2, -0.15) is 0 Å². The number of benzene rings is 1. The zero-order chi connectivity index (χ0) is 27.0. The molecular formula is C30H44N4O4. The van der Waals surface area contributed by atoms with Gasteiger partial charge in [0.2, 0.25) is 5.91 Å². The van der Waals surface area contributed by atoms with Gasteiger partial charge in [0.25, 0.3) is 5.91 Å². The fourth-order valence-electron chi connectivity index (χ4n) is 6.48. The Balaban J connectivity index is 1.26. The Labute approximate surface area is 227 Å². The van der Waals surface area contributed by atoms with Gasteiger partial charge in [0, 0.05) is 49.9 Å².